The molecule has 9 heteroatoms. The van der Waals surface area contributed by atoms with Gasteiger partial charge in [-0.1, -0.05) is 11.3 Å². The molecule has 1 aliphatic rings. The van der Waals surface area contributed by atoms with Crippen LogP contribution in [-0.4, -0.2) is 51.5 Å². The Morgan fingerprint density at radius 2 is 2.23 bits per heavy atom. The van der Waals surface area contributed by atoms with E-state index < -0.39 is 15.9 Å². The van der Waals surface area contributed by atoms with Gasteiger partial charge >= 0.3 is 0 Å². The minimum Gasteiger partial charge on any atom is -0.376 e. The van der Waals surface area contributed by atoms with E-state index in [-0.39, 0.29) is 17.4 Å². The van der Waals surface area contributed by atoms with E-state index in [0.29, 0.717) is 28.6 Å². The Kier molecular flexibility index (Phi) is 4.13. The molecule has 0 bridgehead atoms. The van der Waals surface area contributed by atoms with Crippen LogP contribution in [0.1, 0.15) is 0 Å². The molecule has 1 amide bonds. The molecule has 0 aliphatic carbocycles. The number of amides is 1. The summed E-state index contributed by atoms with van der Waals surface area (Å²) in [4.78, 5) is 16.5. The number of nitrogens with zero attached hydrogens (tertiary/aromatic N) is 1. The van der Waals surface area contributed by atoms with Gasteiger partial charge in [-0.2, -0.15) is 0 Å². The van der Waals surface area contributed by atoms with Crippen molar-refractivity contribution in [3.05, 3.63) is 18.2 Å². The molecule has 0 spiro atoms. The number of fused-ring (bicyclic) bond motifs is 1. The molecule has 0 saturated carbocycles. The second kappa shape index (κ2) is 5.92. The molecule has 7 nitrogen and oxygen atoms in total. The predicted molar refractivity (Wildman–Crippen MR) is 81.9 cm³/mol. The summed E-state index contributed by atoms with van der Waals surface area (Å²) in [6, 6.07) is 4.68. The van der Waals surface area contributed by atoms with Gasteiger partial charge in [0.15, 0.2) is 21.1 Å². The van der Waals surface area contributed by atoms with Crippen molar-refractivity contribution >= 4 is 42.4 Å². The van der Waals surface area contributed by atoms with E-state index in [1.54, 1.807) is 12.1 Å². The van der Waals surface area contributed by atoms with Crippen LogP contribution in [-0.2, 0) is 24.1 Å². The SMILES string of the molecule is CS(=O)(=O)c1ccc2nc(NC(=O)C3COCCO3)sc2c1. The lowest BCUT2D eigenvalue weighted by atomic mass is 10.3. The molecule has 118 valence electrons. The summed E-state index contributed by atoms with van der Waals surface area (Å²) < 4.78 is 34.3. The maximum absolute atomic E-state index is 12.0. The fourth-order valence-electron chi connectivity index (χ4n) is 2.01. The highest BCUT2D eigenvalue weighted by Gasteiger charge is 2.23. The Balaban J connectivity index is 1.81. The second-order valence-electron chi connectivity index (χ2n) is 4.84. The summed E-state index contributed by atoms with van der Waals surface area (Å²) in [6.07, 6.45) is 0.505. The smallest absolute Gasteiger partial charge is 0.257 e. The number of benzene rings is 1. The number of sulfone groups is 1. The number of ether oxygens (including phenoxy) is 2. The van der Waals surface area contributed by atoms with Crippen LogP contribution in [0.3, 0.4) is 0 Å². The molecule has 3 rings (SSSR count). The largest absolute Gasteiger partial charge is 0.376 e. The highest BCUT2D eigenvalue weighted by Crippen LogP contribution is 2.28. The average molecular weight is 342 g/mol. The normalized spacial score (nSPS) is 19.2. The van der Waals surface area contributed by atoms with E-state index >= 15 is 0 Å². The van der Waals surface area contributed by atoms with Crippen molar-refractivity contribution in [1.82, 2.24) is 4.98 Å². The van der Waals surface area contributed by atoms with Crippen molar-refractivity contribution in [3.8, 4) is 0 Å². The van der Waals surface area contributed by atoms with Crippen LogP contribution < -0.4 is 5.32 Å². The molecule has 0 radical (unpaired) electrons. The zero-order valence-corrected chi connectivity index (χ0v) is 13.4. The van der Waals surface area contributed by atoms with Gasteiger partial charge in [0, 0.05) is 6.26 Å². The number of hydrogen-bond acceptors (Lipinski definition) is 7. The zero-order chi connectivity index (χ0) is 15.7. The number of thiazole rings is 1. The van der Waals surface area contributed by atoms with Crippen LogP contribution in [0, 0.1) is 0 Å². The third-order valence-electron chi connectivity index (χ3n) is 3.13. The van der Waals surface area contributed by atoms with Crippen LogP contribution in [0.15, 0.2) is 23.1 Å². The Labute approximate surface area is 131 Å². The third-order valence-corrected chi connectivity index (χ3v) is 5.17. The van der Waals surface area contributed by atoms with Crippen LogP contribution in [0.25, 0.3) is 10.2 Å². The summed E-state index contributed by atoms with van der Waals surface area (Å²) in [5.74, 6) is -0.318. The van der Waals surface area contributed by atoms with Gasteiger partial charge in [0.25, 0.3) is 5.91 Å². The van der Waals surface area contributed by atoms with Crippen molar-refractivity contribution in [2.75, 3.05) is 31.4 Å². The molecule has 2 aromatic rings. The summed E-state index contributed by atoms with van der Waals surface area (Å²) in [7, 11) is -3.27. The Hall–Kier alpha value is -1.55. The predicted octanol–water partition coefficient (Wildman–Crippen LogP) is 1.05. The van der Waals surface area contributed by atoms with Gasteiger partial charge in [-0.15, -0.1) is 0 Å². The lowest BCUT2D eigenvalue weighted by molar-refractivity contribution is -0.142. The first kappa shape index (κ1) is 15.3. The van der Waals surface area contributed by atoms with Crippen LogP contribution >= 0.6 is 11.3 Å². The first-order valence-corrected chi connectivity index (χ1v) is 9.25. The molecule has 2 heterocycles. The van der Waals surface area contributed by atoms with E-state index in [1.807, 2.05) is 0 Å². The van der Waals surface area contributed by atoms with Crippen LogP contribution in [0.2, 0.25) is 0 Å². The minimum absolute atomic E-state index is 0.217. The summed E-state index contributed by atoms with van der Waals surface area (Å²) in [5, 5.41) is 3.08. The highest BCUT2D eigenvalue weighted by atomic mass is 32.2. The van der Waals surface area contributed by atoms with Gasteiger partial charge in [-0.05, 0) is 18.2 Å². The van der Waals surface area contributed by atoms with Gasteiger partial charge in [0.05, 0.1) is 34.9 Å². The lowest BCUT2D eigenvalue weighted by Gasteiger charge is -2.21. The Morgan fingerprint density at radius 3 is 2.91 bits per heavy atom. The quantitative estimate of drug-likeness (QED) is 0.896. The third kappa shape index (κ3) is 3.27. The molecule has 1 atom stereocenters. The molecule has 1 unspecified atom stereocenters. The zero-order valence-electron chi connectivity index (χ0n) is 11.7. The van der Waals surface area contributed by atoms with Gasteiger partial charge in [0.1, 0.15) is 0 Å². The standard InChI is InChI=1S/C13H14N2O5S2/c1-22(17,18)8-2-3-9-11(6-8)21-13(14-9)15-12(16)10-7-19-4-5-20-10/h2-3,6,10H,4-5,7H2,1H3,(H,14,15,16). The Bertz CT molecular complexity index is 809. The number of carbonyl (C=O) groups is 1. The number of aromatic nitrogens is 1. The molecule has 1 aromatic heterocycles. The summed E-state index contributed by atoms with van der Waals surface area (Å²) >= 11 is 1.22. The number of rotatable bonds is 3. The first-order valence-electron chi connectivity index (χ1n) is 6.54. The van der Waals surface area contributed by atoms with Gasteiger partial charge in [-0.25, -0.2) is 13.4 Å². The number of anilines is 1. The number of nitrogens with one attached hydrogen (secondary N) is 1. The van der Waals surface area contributed by atoms with E-state index in [0.717, 1.165) is 6.26 Å². The van der Waals surface area contributed by atoms with Crippen molar-refractivity contribution in [3.63, 3.8) is 0 Å². The molecule has 22 heavy (non-hydrogen) atoms. The van der Waals surface area contributed by atoms with Crippen LogP contribution in [0.5, 0.6) is 0 Å². The molecule has 1 aliphatic heterocycles. The van der Waals surface area contributed by atoms with Gasteiger partial charge < -0.3 is 9.47 Å². The lowest BCUT2D eigenvalue weighted by Crippen LogP contribution is -2.39. The van der Waals surface area contributed by atoms with E-state index in [1.165, 1.54) is 17.4 Å². The summed E-state index contributed by atoms with van der Waals surface area (Å²) in [5.41, 5.74) is 0.633. The maximum Gasteiger partial charge on any atom is 0.257 e. The molecule has 1 saturated heterocycles. The topological polar surface area (TPSA) is 94.6 Å². The minimum atomic E-state index is -3.27. The molecular weight excluding hydrogens is 328 g/mol. The van der Waals surface area contributed by atoms with Gasteiger partial charge in [-0.3, -0.25) is 10.1 Å². The van der Waals surface area contributed by atoms with E-state index in [4.69, 9.17) is 9.47 Å². The number of carbonyl (C=O) groups excluding carboxylic acids is 1. The molecule has 1 aromatic carbocycles. The second-order valence-corrected chi connectivity index (χ2v) is 7.89. The van der Waals surface area contributed by atoms with Crippen molar-refractivity contribution in [2.45, 2.75) is 11.0 Å². The fourth-order valence-corrected chi connectivity index (χ4v) is 3.64. The molecular formula is C13H14N2O5S2. The van der Waals surface area contributed by atoms with Crippen LogP contribution in [0.4, 0.5) is 5.13 Å². The average Bonchev–Trinajstić information content (AvgIpc) is 2.88. The number of hydrogen-bond donors (Lipinski definition) is 1. The Morgan fingerprint density at radius 1 is 1.41 bits per heavy atom. The van der Waals surface area contributed by atoms with Crippen molar-refractivity contribution < 1.29 is 22.7 Å². The molecule has 1 N–H and O–H groups in total. The maximum atomic E-state index is 12.0. The van der Waals surface area contributed by atoms with Crippen molar-refractivity contribution in [1.29, 1.82) is 0 Å². The first-order chi connectivity index (χ1) is 10.4. The van der Waals surface area contributed by atoms with E-state index in [2.05, 4.69) is 10.3 Å². The fraction of sp³-hybridized carbons (Fsp3) is 0.385. The highest BCUT2D eigenvalue weighted by molar-refractivity contribution is 7.90. The van der Waals surface area contributed by atoms with Crippen molar-refractivity contribution in [2.24, 2.45) is 0 Å². The summed E-state index contributed by atoms with van der Waals surface area (Å²) in [6.45, 7) is 1.09. The van der Waals surface area contributed by atoms with Gasteiger partial charge in [0.2, 0.25) is 0 Å². The molecule has 1 fully saturated rings. The monoisotopic (exact) mass is 342 g/mol. The van der Waals surface area contributed by atoms with E-state index in [9.17, 15) is 13.2 Å².